The molecule has 0 bridgehead atoms. The third-order valence-corrected chi connectivity index (χ3v) is 4.84. The van der Waals surface area contributed by atoms with Crippen molar-refractivity contribution in [2.24, 2.45) is 5.92 Å². The number of hydrogen-bond acceptors (Lipinski definition) is 5. The number of halogens is 1. The number of carbonyl (C=O) groups excluding carboxylic acids is 2. The van der Waals surface area contributed by atoms with Gasteiger partial charge in [0.2, 0.25) is 11.8 Å². The highest BCUT2D eigenvalue weighted by atomic mass is 35.5. The molecule has 0 spiro atoms. The third kappa shape index (κ3) is 3.37. The van der Waals surface area contributed by atoms with Crippen molar-refractivity contribution in [2.75, 3.05) is 23.9 Å². The first-order chi connectivity index (χ1) is 11.5. The number of benzene rings is 1. The fourth-order valence-corrected chi connectivity index (χ4v) is 3.44. The Morgan fingerprint density at radius 2 is 2.29 bits per heavy atom. The van der Waals surface area contributed by atoms with Crippen LogP contribution in [0.4, 0.5) is 10.8 Å². The molecule has 1 N–H and O–H groups in total. The van der Waals surface area contributed by atoms with E-state index in [2.05, 4.69) is 10.3 Å². The molecule has 2 amide bonds. The molecule has 1 aliphatic heterocycles. The van der Waals surface area contributed by atoms with E-state index in [0.29, 0.717) is 21.6 Å². The highest BCUT2D eigenvalue weighted by molar-refractivity contribution is 7.15. The molecule has 1 fully saturated rings. The Kier molecular flexibility index (Phi) is 4.73. The van der Waals surface area contributed by atoms with Crippen molar-refractivity contribution in [1.82, 2.24) is 4.98 Å². The number of nitrogens with one attached hydrogen (secondary N) is 1. The van der Waals surface area contributed by atoms with E-state index in [1.54, 1.807) is 29.3 Å². The molecule has 1 aromatic carbocycles. The molecule has 1 aliphatic rings. The molecule has 1 atom stereocenters. The van der Waals surface area contributed by atoms with Crippen LogP contribution < -0.4 is 15.0 Å². The van der Waals surface area contributed by atoms with Gasteiger partial charge in [0.1, 0.15) is 5.75 Å². The van der Waals surface area contributed by atoms with Crippen LogP contribution in [0.1, 0.15) is 11.3 Å². The first-order valence-electron chi connectivity index (χ1n) is 7.35. The second-order valence-electron chi connectivity index (χ2n) is 5.49. The zero-order chi connectivity index (χ0) is 17.3. The summed E-state index contributed by atoms with van der Waals surface area (Å²) < 4.78 is 5.29. The van der Waals surface area contributed by atoms with Gasteiger partial charge in [0.15, 0.2) is 5.13 Å². The Hall–Kier alpha value is -2.12. The lowest BCUT2D eigenvalue weighted by Crippen LogP contribution is -2.28. The SMILES string of the molecule is COc1ccc(Cl)cc1N1C[C@@H](C(=O)Nc2ncc(C)s2)CC1=O. The highest BCUT2D eigenvalue weighted by Gasteiger charge is 2.36. The maximum Gasteiger partial charge on any atom is 0.231 e. The molecule has 24 heavy (non-hydrogen) atoms. The average Bonchev–Trinajstić information content (AvgIpc) is 3.13. The molecule has 6 nitrogen and oxygen atoms in total. The van der Waals surface area contributed by atoms with Crippen LogP contribution in [-0.2, 0) is 9.59 Å². The van der Waals surface area contributed by atoms with Gasteiger partial charge in [-0.05, 0) is 25.1 Å². The summed E-state index contributed by atoms with van der Waals surface area (Å²) in [5.41, 5.74) is 0.579. The largest absolute Gasteiger partial charge is 0.495 e. The number of hydrogen-bond donors (Lipinski definition) is 1. The zero-order valence-electron chi connectivity index (χ0n) is 13.2. The van der Waals surface area contributed by atoms with E-state index in [1.165, 1.54) is 18.4 Å². The number of amides is 2. The van der Waals surface area contributed by atoms with E-state index < -0.39 is 5.92 Å². The molecule has 8 heteroatoms. The number of nitrogens with zero attached hydrogens (tertiary/aromatic N) is 2. The Morgan fingerprint density at radius 3 is 2.96 bits per heavy atom. The predicted molar refractivity (Wildman–Crippen MR) is 93.9 cm³/mol. The second kappa shape index (κ2) is 6.78. The summed E-state index contributed by atoms with van der Waals surface area (Å²) in [7, 11) is 1.53. The highest BCUT2D eigenvalue weighted by Crippen LogP contribution is 2.35. The number of aromatic nitrogens is 1. The Bertz CT molecular complexity index is 793. The van der Waals surface area contributed by atoms with Crippen LogP contribution in [0.25, 0.3) is 0 Å². The summed E-state index contributed by atoms with van der Waals surface area (Å²) in [6, 6.07) is 5.07. The quantitative estimate of drug-likeness (QED) is 0.903. The van der Waals surface area contributed by atoms with Crippen LogP contribution >= 0.6 is 22.9 Å². The minimum atomic E-state index is -0.439. The Labute approximate surface area is 148 Å². The van der Waals surface area contributed by atoms with Crippen molar-refractivity contribution in [2.45, 2.75) is 13.3 Å². The molecule has 0 unspecified atom stereocenters. The van der Waals surface area contributed by atoms with Gasteiger partial charge in [-0.25, -0.2) is 4.98 Å². The van der Waals surface area contributed by atoms with Crippen LogP contribution in [0.3, 0.4) is 0 Å². The van der Waals surface area contributed by atoms with Crippen molar-refractivity contribution in [3.05, 3.63) is 34.3 Å². The maximum absolute atomic E-state index is 12.4. The lowest BCUT2D eigenvalue weighted by atomic mass is 10.1. The minimum absolute atomic E-state index is 0.133. The molecule has 1 saturated heterocycles. The molecule has 3 rings (SSSR count). The Balaban J connectivity index is 1.76. The van der Waals surface area contributed by atoms with E-state index in [0.717, 1.165) is 4.88 Å². The summed E-state index contributed by atoms with van der Waals surface area (Å²) in [4.78, 5) is 31.4. The van der Waals surface area contributed by atoms with E-state index in [4.69, 9.17) is 16.3 Å². The van der Waals surface area contributed by atoms with Gasteiger partial charge in [0, 0.05) is 29.1 Å². The number of carbonyl (C=O) groups is 2. The average molecular weight is 366 g/mol. The van der Waals surface area contributed by atoms with Crippen LogP contribution in [0.2, 0.25) is 5.02 Å². The first kappa shape index (κ1) is 16.7. The van der Waals surface area contributed by atoms with Crippen LogP contribution in [0, 0.1) is 12.8 Å². The molecule has 0 saturated carbocycles. The first-order valence-corrected chi connectivity index (χ1v) is 8.54. The van der Waals surface area contributed by atoms with E-state index in [1.807, 2.05) is 6.92 Å². The van der Waals surface area contributed by atoms with Crippen molar-refractivity contribution in [3.63, 3.8) is 0 Å². The molecular formula is C16H16ClN3O3S. The molecule has 126 valence electrons. The monoisotopic (exact) mass is 365 g/mol. The van der Waals surface area contributed by atoms with Gasteiger partial charge >= 0.3 is 0 Å². The molecule has 0 radical (unpaired) electrons. The van der Waals surface area contributed by atoms with Crippen LogP contribution in [0.5, 0.6) is 5.75 Å². The summed E-state index contributed by atoms with van der Waals surface area (Å²) in [6.07, 6.45) is 1.84. The molecule has 1 aromatic heterocycles. The van der Waals surface area contributed by atoms with Crippen LogP contribution in [0.15, 0.2) is 24.4 Å². The topological polar surface area (TPSA) is 71.5 Å². The lowest BCUT2D eigenvalue weighted by Gasteiger charge is -2.19. The van der Waals surface area contributed by atoms with Gasteiger partial charge in [-0.1, -0.05) is 11.6 Å². The molecule has 2 aromatic rings. The van der Waals surface area contributed by atoms with Gasteiger partial charge in [0.25, 0.3) is 0 Å². The van der Waals surface area contributed by atoms with Gasteiger partial charge < -0.3 is 15.0 Å². The summed E-state index contributed by atoms with van der Waals surface area (Å²) in [6.45, 7) is 2.20. The second-order valence-corrected chi connectivity index (χ2v) is 7.16. The van der Waals surface area contributed by atoms with E-state index >= 15 is 0 Å². The third-order valence-electron chi connectivity index (χ3n) is 3.78. The van der Waals surface area contributed by atoms with Gasteiger partial charge in [-0.3, -0.25) is 9.59 Å². The van der Waals surface area contributed by atoms with Gasteiger partial charge in [-0.15, -0.1) is 11.3 Å². The lowest BCUT2D eigenvalue weighted by molar-refractivity contribution is -0.122. The number of thiazole rings is 1. The fraction of sp³-hybridized carbons (Fsp3) is 0.312. The van der Waals surface area contributed by atoms with E-state index in [-0.39, 0.29) is 24.8 Å². The molecule has 0 aliphatic carbocycles. The number of rotatable bonds is 4. The summed E-state index contributed by atoms with van der Waals surface area (Å²) in [5.74, 6) is -0.234. The standard InChI is InChI=1S/C16H16ClN3O3S/c1-9-7-18-16(24-9)19-15(22)10-5-14(21)20(8-10)12-6-11(17)3-4-13(12)23-2/h3-4,6-7,10H,5,8H2,1-2H3,(H,18,19,22)/t10-/m0/s1. The Morgan fingerprint density at radius 1 is 1.50 bits per heavy atom. The smallest absolute Gasteiger partial charge is 0.231 e. The summed E-state index contributed by atoms with van der Waals surface area (Å²) >= 11 is 7.43. The maximum atomic E-state index is 12.4. The van der Waals surface area contributed by atoms with Crippen molar-refractivity contribution >= 4 is 45.6 Å². The normalized spacial score (nSPS) is 17.2. The van der Waals surface area contributed by atoms with Gasteiger partial charge in [-0.2, -0.15) is 0 Å². The summed E-state index contributed by atoms with van der Waals surface area (Å²) in [5, 5.41) is 3.82. The molecular weight excluding hydrogens is 350 g/mol. The van der Waals surface area contributed by atoms with Gasteiger partial charge in [0.05, 0.1) is 18.7 Å². The number of ether oxygens (including phenoxy) is 1. The van der Waals surface area contributed by atoms with Crippen molar-refractivity contribution in [1.29, 1.82) is 0 Å². The minimum Gasteiger partial charge on any atom is -0.495 e. The number of aryl methyl sites for hydroxylation is 1. The van der Waals surface area contributed by atoms with Crippen molar-refractivity contribution in [3.8, 4) is 5.75 Å². The number of methoxy groups -OCH3 is 1. The fourth-order valence-electron chi connectivity index (χ4n) is 2.61. The van der Waals surface area contributed by atoms with E-state index in [9.17, 15) is 9.59 Å². The number of anilines is 2. The molecule has 2 heterocycles. The van der Waals surface area contributed by atoms with Crippen molar-refractivity contribution < 1.29 is 14.3 Å². The predicted octanol–water partition coefficient (Wildman–Crippen LogP) is 3.11. The zero-order valence-corrected chi connectivity index (χ0v) is 14.8. The van der Waals surface area contributed by atoms with Crippen LogP contribution in [-0.4, -0.2) is 30.5 Å².